The third kappa shape index (κ3) is 4.34. The summed E-state index contributed by atoms with van der Waals surface area (Å²) in [4.78, 5) is 0.882. The Morgan fingerprint density at radius 1 is 1.40 bits per heavy atom. The molecule has 0 aliphatic rings. The molecule has 1 rings (SSSR count). The van der Waals surface area contributed by atoms with Crippen LogP contribution in [-0.2, 0) is 11.0 Å². The van der Waals surface area contributed by atoms with Crippen molar-refractivity contribution in [2.24, 2.45) is 0 Å². The first-order chi connectivity index (χ1) is 6.94. The molecule has 0 bridgehead atoms. The predicted molar refractivity (Wildman–Crippen MR) is 70.2 cm³/mol. The first kappa shape index (κ1) is 13.4. The van der Waals surface area contributed by atoms with Gasteiger partial charge in [0.25, 0.3) is 0 Å². The van der Waals surface area contributed by atoms with Gasteiger partial charge < -0.3 is 4.43 Å². The Labute approximate surface area is 107 Å². The summed E-state index contributed by atoms with van der Waals surface area (Å²) in [6.45, 7) is 4.70. The van der Waals surface area contributed by atoms with E-state index in [-0.39, 0.29) is 5.82 Å². The minimum absolute atomic E-state index is 0.227. The summed E-state index contributed by atoms with van der Waals surface area (Å²) >= 11 is 6.81. The third-order valence-corrected chi connectivity index (χ3v) is 8.34. The highest BCUT2D eigenvalue weighted by atomic mass is 79.9. The second kappa shape index (κ2) is 5.57. The van der Waals surface area contributed by atoms with E-state index < -0.39 is 8.32 Å². The SMILES string of the molecule is C[Si](C)(CBr)OCc1cc(F)ccc1Br. The largest absolute Gasteiger partial charge is 0.412 e. The van der Waals surface area contributed by atoms with Crippen molar-refractivity contribution in [3.63, 3.8) is 0 Å². The summed E-state index contributed by atoms with van der Waals surface area (Å²) in [5, 5.41) is 0. The lowest BCUT2D eigenvalue weighted by Crippen LogP contribution is -2.32. The number of hydrogen-bond acceptors (Lipinski definition) is 1. The van der Waals surface area contributed by atoms with Crippen molar-refractivity contribution in [2.75, 3.05) is 4.95 Å². The maximum absolute atomic E-state index is 13.0. The average Bonchev–Trinajstić information content (AvgIpc) is 2.20. The quantitative estimate of drug-likeness (QED) is 0.579. The van der Waals surface area contributed by atoms with Crippen molar-refractivity contribution < 1.29 is 8.82 Å². The smallest absolute Gasteiger partial charge is 0.197 e. The van der Waals surface area contributed by atoms with E-state index in [9.17, 15) is 4.39 Å². The Hall–Kier alpha value is 0.287. The molecule has 15 heavy (non-hydrogen) atoms. The Morgan fingerprint density at radius 2 is 2.07 bits per heavy atom. The first-order valence-electron chi connectivity index (χ1n) is 4.58. The maximum atomic E-state index is 13.0. The van der Waals surface area contributed by atoms with Gasteiger partial charge in [-0.2, -0.15) is 0 Å². The van der Waals surface area contributed by atoms with Crippen molar-refractivity contribution in [1.82, 2.24) is 0 Å². The number of hydrogen-bond donors (Lipinski definition) is 0. The van der Waals surface area contributed by atoms with E-state index in [1.54, 1.807) is 6.07 Å². The fourth-order valence-corrected chi connectivity index (χ4v) is 2.44. The second-order valence-corrected chi connectivity index (χ2v) is 10.5. The molecule has 0 amide bonds. The third-order valence-electron chi connectivity index (χ3n) is 1.95. The molecule has 0 saturated heterocycles. The molecule has 1 aromatic rings. The van der Waals surface area contributed by atoms with Crippen LogP contribution < -0.4 is 0 Å². The van der Waals surface area contributed by atoms with E-state index in [0.717, 1.165) is 15.0 Å². The summed E-state index contributed by atoms with van der Waals surface area (Å²) in [6.07, 6.45) is 0. The van der Waals surface area contributed by atoms with E-state index in [4.69, 9.17) is 4.43 Å². The molecule has 0 radical (unpaired) electrons. The van der Waals surface area contributed by atoms with Crippen LogP contribution in [0.3, 0.4) is 0 Å². The Balaban J connectivity index is 2.69. The number of alkyl halides is 1. The van der Waals surface area contributed by atoms with Gasteiger partial charge in [0.05, 0.1) is 6.61 Å². The first-order valence-corrected chi connectivity index (χ1v) is 9.61. The zero-order valence-electron chi connectivity index (χ0n) is 8.69. The molecule has 0 N–H and O–H groups in total. The summed E-state index contributed by atoms with van der Waals surface area (Å²) in [6, 6.07) is 4.64. The average molecular weight is 356 g/mol. The van der Waals surface area contributed by atoms with Crippen LogP contribution in [0.2, 0.25) is 13.1 Å². The van der Waals surface area contributed by atoms with Gasteiger partial charge in [0.15, 0.2) is 8.32 Å². The van der Waals surface area contributed by atoms with Crippen LogP contribution in [0.5, 0.6) is 0 Å². The molecule has 0 saturated carbocycles. The van der Waals surface area contributed by atoms with Crippen molar-refractivity contribution in [3.8, 4) is 0 Å². The molecule has 1 aromatic carbocycles. The van der Waals surface area contributed by atoms with E-state index >= 15 is 0 Å². The second-order valence-electron chi connectivity index (χ2n) is 3.92. The molecule has 5 heteroatoms. The van der Waals surface area contributed by atoms with Crippen LogP contribution in [0, 0.1) is 5.82 Å². The summed E-state index contributed by atoms with van der Waals surface area (Å²) < 4.78 is 19.7. The van der Waals surface area contributed by atoms with Gasteiger partial charge in [-0.1, -0.05) is 31.9 Å². The minimum Gasteiger partial charge on any atom is -0.412 e. The summed E-state index contributed by atoms with van der Waals surface area (Å²) in [5.74, 6) is -0.227. The van der Waals surface area contributed by atoms with E-state index in [1.807, 2.05) is 0 Å². The highest BCUT2D eigenvalue weighted by Gasteiger charge is 2.20. The highest BCUT2D eigenvalue weighted by molar-refractivity contribution is 9.10. The maximum Gasteiger partial charge on any atom is 0.197 e. The van der Waals surface area contributed by atoms with Gasteiger partial charge in [0.2, 0.25) is 0 Å². The lowest BCUT2D eigenvalue weighted by atomic mass is 10.2. The van der Waals surface area contributed by atoms with Crippen LogP contribution in [0.1, 0.15) is 5.56 Å². The van der Waals surface area contributed by atoms with Crippen LogP contribution in [0.25, 0.3) is 0 Å². The predicted octanol–water partition coefficient (Wildman–Crippen LogP) is 4.24. The monoisotopic (exact) mass is 354 g/mol. The van der Waals surface area contributed by atoms with Crippen LogP contribution in [-0.4, -0.2) is 13.3 Å². The number of rotatable bonds is 4. The fraction of sp³-hybridized carbons (Fsp3) is 0.400. The van der Waals surface area contributed by atoms with Crippen molar-refractivity contribution >= 4 is 40.2 Å². The zero-order valence-corrected chi connectivity index (χ0v) is 12.9. The fourth-order valence-electron chi connectivity index (χ4n) is 0.966. The van der Waals surface area contributed by atoms with E-state index in [1.165, 1.54) is 12.1 Å². The van der Waals surface area contributed by atoms with Gasteiger partial charge in [-0.15, -0.1) is 0 Å². The molecular formula is C10H13Br2FOSi. The number of benzene rings is 1. The molecule has 0 heterocycles. The topological polar surface area (TPSA) is 9.23 Å². The van der Waals surface area contributed by atoms with Gasteiger partial charge in [-0.05, 0) is 36.9 Å². The Morgan fingerprint density at radius 3 is 2.67 bits per heavy atom. The zero-order chi connectivity index (χ0) is 11.5. The van der Waals surface area contributed by atoms with Crippen molar-refractivity contribution in [1.29, 1.82) is 0 Å². The molecule has 0 aromatic heterocycles. The normalized spacial score (nSPS) is 11.8. The van der Waals surface area contributed by atoms with E-state index in [2.05, 4.69) is 45.0 Å². The highest BCUT2D eigenvalue weighted by Crippen LogP contribution is 2.20. The van der Waals surface area contributed by atoms with Crippen LogP contribution in [0.4, 0.5) is 4.39 Å². The summed E-state index contributed by atoms with van der Waals surface area (Å²) in [5.41, 5.74) is 0.858. The van der Waals surface area contributed by atoms with Crippen molar-refractivity contribution in [3.05, 3.63) is 34.1 Å². The van der Waals surface area contributed by atoms with Gasteiger partial charge in [-0.25, -0.2) is 4.39 Å². The molecule has 0 fully saturated rings. The Bertz CT molecular complexity index is 344. The van der Waals surface area contributed by atoms with Gasteiger partial charge in [0.1, 0.15) is 5.82 Å². The Kier molecular flexibility index (Phi) is 4.95. The minimum atomic E-state index is -1.63. The lowest BCUT2D eigenvalue weighted by molar-refractivity contribution is 0.297. The molecule has 0 aliphatic carbocycles. The van der Waals surface area contributed by atoms with Crippen LogP contribution in [0.15, 0.2) is 22.7 Å². The summed E-state index contributed by atoms with van der Waals surface area (Å²) in [7, 11) is -1.63. The van der Waals surface area contributed by atoms with Gasteiger partial charge in [0, 0.05) is 9.43 Å². The molecule has 1 nitrogen and oxygen atoms in total. The van der Waals surface area contributed by atoms with Gasteiger partial charge in [-0.3, -0.25) is 0 Å². The van der Waals surface area contributed by atoms with Crippen molar-refractivity contribution in [2.45, 2.75) is 19.7 Å². The molecule has 84 valence electrons. The lowest BCUT2D eigenvalue weighted by Gasteiger charge is -2.20. The molecule has 0 unspecified atom stereocenters. The molecule has 0 spiro atoms. The molecule has 0 atom stereocenters. The standard InChI is InChI=1S/C10H13Br2FOSi/c1-15(2,7-11)14-6-8-5-9(13)3-4-10(8)12/h3-5H,6-7H2,1-2H3. The number of halogens is 3. The molecular weight excluding hydrogens is 343 g/mol. The van der Waals surface area contributed by atoms with Crippen LogP contribution >= 0.6 is 31.9 Å². The van der Waals surface area contributed by atoms with E-state index in [0.29, 0.717) is 6.61 Å². The van der Waals surface area contributed by atoms with Gasteiger partial charge >= 0.3 is 0 Å². The molecule has 0 aliphatic heterocycles.